The fraction of sp³-hybridized carbons (Fsp3) is 0.118. The van der Waals surface area contributed by atoms with Crippen molar-refractivity contribution >= 4 is 16.9 Å². The lowest BCUT2D eigenvalue weighted by molar-refractivity contribution is 0.0509. The van der Waals surface area contributed by atoms with Gasteiger partial charge in [-0.15, -0.1) is 0 Å². The average Bonchev–Trinajstić information content (AvgIpc) is 2.93. The van der Waals surface area contributed by atoms with Gasteiger partial charge in [0, 0.05) is 10.9 Å². The quantitative estimate of drug-likeness (QED) is 0.734. The van der Waals surface area contributed by atoms with Crippen molar-refractivity contribution in [3.63, 3.8) is 0 Å². The number of carbonyl (C=O) groups excluding carboxylic acids is 1. The second-order valence-electron chi connectivity index (χ2n) is 4.64. The number of hydrogen-bond acceptors (Lipinski definition) is 4. The maximum Gasteiger partial charge on any atom is 0.310 e. The van der Waals surface area contributed by atoms with Gasteiger partial charge in [0.25, 0.3) is 0 Å². The van der Waals surface area contributed by atoms with E-state index < -0.39 is 5.91 Å². The Morgan fingerprint density at radius 2 is 1.82 bits per heavy atom. The first-order chi connectivity index (χ1) is 10.8. The predicted octanol–water partition coefficient (Wildman–Crippen LogP) is 3.30. The zero-order valence-corrected chi connectivity index (χ0v) is 12.0. The topological polar surface area (TPSA) is 60.7 Å². The molecule has 5 nitrogen and oxygen atoms in total. The van der Waals surface area contributed by atoms with E-state index in [0.29, 0.717) is 11.1 Å². The molecule has 0 spiro atoms. The number of benzene rings is 2. The van der Waals surface area contributed by atoms with Crippen molar-refractivity contribution in [2.45, 2.75) is 6.61 Å². The van der Waals surface area contributed by atoms with Crippen molar-refractivity contribution in [2.75, 3.05) is 7.11 Å². The third kappa shape index (κ3) is 2.80. The van der Waals surface area contributed by atoms with E-state index in [9.17, 15) is 4.79 Å². The molecule has 0 saturated carbocycles. The van der Waals surface area contributed by atoms with Crippen LogP contribution in [0.1, 0.15) is 16.1 Å². The summed E-state index contributed by atoms with van der Waals surface area (Å²) in [5.74, 6) is 0.482. The Balaban J connectivity index is 1.95. The third-order valence-corrected chi connectivity index (χ3v) is 3.23. The molecule has 0 atom stereocenters. The van der Waals surface area contributed by atoms with Crippen LogP contribution in [0.3, 0.4) is 0 Å². The number of carbonyl (C=O) groups is 1. The van der Waals surface area contributed by atoms with Crippen molar-refractivity contribution in [3.8, 4) is 5.75 Å². The molecule has 0 aliphatic heterocycles. The first-order valence-electron chi connectivity index (χ1n) is 6.81. The molecule has 0 radical (unpaired) electrons. The van der Waals surface area contributed by atoms with Crippen LogP contribution in [-0.4, -0.2) is 13.0 Å². The minimum Gasteiger partial charge on any atom is -0.489 e. The smallest absolute Gasteiger partial charge is 0.310 e. The van der Waals surface area contributed by atoms with Gasteiger partial charge in [-0.2, -0.15) is 0 Å². The standard InChI is InChI=1S/C17H15NO4/c1-20-18-17(19)16-14(11-21-12-7-3-2-4-8-12)13-9-5-6-10-15(13)22-16/h2-10H,11H2,1H3,(H,18,19). The largest absolute Gasteiger partial charge is 0.489 e. The van der Waals surface area contributed by atoms with Crippen LogP contribution in [0.4, 0.5) is 0 Å². The molecule has 0 saturated heterocycles. The summed E-state index contributed by atoms with van der Waals surface area (Å²) in [5.41, 5.74) is 3.60. The van der Waals surface area contributed by atoms with Gasteiger partial charge in [0.05, 0.1) is 7.11 Å². The van der Waals surface area contributed by atoms with Gasteiger partial charge in [0.15, 0.2) is 0 Å². The highest BCUT2D eigenvalue weighted by molar-refractivity contribution is 5.98. The van der Waals surface area contributed by atoms with Crippen LogP contribution in [0, 0.1) is 0 Å². The third-order valence-electron chi connectivity index (χ3n) is 3.23. The molecule has 0 unspecified atom stereocenters. The lowest BCUT2D eigenvalue weighted by atomic mass is 10.1. The second-order valence-corrected chi connectivity index (χ2v) is 4.64. The van der Waals surface area contributed by atoms with Crippen LogP contribution in [0.5, 0.6) is 5.75 Å². The normalized spacial score (nSPS) is 10.6. The Hall–Kier alpha value is -2.79. The first kappa shape index (κ1) is 14.2. The Labute approximate surface area is 127 Å². The summed E-state index contributed by atoms with van der Waals surface area (Å²) in [7, 11) is 1.38. The lowest BCUT2D eigenvalue weighted by Crippen LogP contribution is -2.22. The molecule has 1 heterocycles. The molecule has 5 heteroatoms. The molecule has 2 aromatic carbocycles. The Bertz CT molecular complexity index is 780. The molecule has 3 rings (SSSR count). The van der Waals surface area contributed by atoms with Crippen LogP contribution in [0.25, 0.3) is 11.0 Å². The summed E-state index contributed by atoms with van der Waals surface area (Å²) >= 11 is 0. The summed E-state index contributed by atoms with van der Waals surface area (Å²) in [4.78, 5) is 16.7. The van der Waals surface area contributed by atoms with E-state index in [1.807, 2.05) is 54.6 Å². The monoisotopic (exact) mass is 297 g/mol. The molecule has 0 aliphatic rings. The molecule has 22 heavy (non-hydrogen) atoms. The van der Waals surface area contributed by atoms with Gasteiger partial charge in [0.2, 0.25) is 5.76 Å². The number of hydroxylamine groups is 1. The maximum atomic E-state index is 12.1. The van der Waals surface area contributed by atoms with Gasteiger partial charge >= 0.3 is 5.91 Å². The minimum atomic E-state index is -0.439. The Morgan fingerprint density at radius 1 is 1.09 bits per heavy atom. The van der Waals surface area contributed by atoms with Crippen molar-refractivity contribution in [1.82, 2.24) is 5.48 Å². The zero-order chi connectivity index (χ0) is 15.4. The zero-order valence-electron chi connectivity index (χ0n) is 12.0. The number of hydrogen-bond donors (Lipinski definition) is 1. The Morgan fingerprint density at radius 3 is 2.59 bits per heavy atom. The van der Waals surface area contributed by atoms with E-state index in [4.69, 9.17) is 9.15 Å². The van der Waals surface area contributed by atoms with Crippen molar-refractivity contribution in [2.24, 2.45) is 0 Å². The minimum absolute atomic E-state index is 0.194. The lowest BCUT2D eigenvalue weighted by Gasteiger charge is -2.06. The highest BCUT2D eigenvalue weighted by Crippen LogP contribution is 2.27. The van der Waals surface area contributed by atoms with Crippen LogP contribution in [0.15, 0.2) is 59.0 Å². The van der Waals surface area contributed by atoms with Gasteiger partial charge in [-0.05, 0) is 18.2 Å². The van der Waals surface area contributed by atoms with Crippen molar-refractivity contribution in [1.29, 1.82) is 0 Å². The van der Waals surface area contributed by atoms with E-state index in [0.717, 1.165) is 11.1 Å². The molecule has 1 N–H and O–H groups in total. The van der Waals surface area contributed by atoms with Gasteiger partial charge < -0.3 is 9.15 Å². The van der Waals surface area contributed by atoms with E-state index in [-0.39, 0.29) is 12.4 Å². The summed E-state index contributed by atoms with van der Waals surface area (Å²) in [6.45, 7) is 0.230. The molecular formula is C17H15NO4. The highest BCUT2D eigenvalue weighted by Gasteiger charge is 2.20. The summed E-state index contributed by atoms with van der Waals surface area (Å²) < 4.78 is 11.4. The van der Waals surface area contributed by atoms with Crippen LogP contribution in [-0.2, 0) is 11.4 Å². The molecule has 1 aromatic heterocycles. The van der Waals surface area contributed by atoms with Gasteiger partial charge in [-0.1, -0.05) is 36.4 Å². The fourth-order valence-electron chi connectivity index (χ4n) is 2.24. The number of nitrogens with one attached hydrogen (secondary N) is 1. The fourth-order valence-corrected chi connectivity index (χ4v) is 2.24. The number of furan rings is 1. The molecule has 1 amide bonds. The van der Waals surface area contributed by atoms with Gasteiger partial charge in [-0.25, -0.2) is 5.48 Å². The molecular weight excluding hydrogens is 282 g/mol. The summed E-state index contributed by atoms with van der Waals surface area (Å²) in [6.07, 6.45) is 0. The predicted molar refractivity (Wildman–Crippen MR) is 81.5 cm³/mol. The molecule has 0 bridgehead atoms. The molecule has 0 aliphatic carbocycles. The molecule has 112 valence electrons. The van der Waals surface area contributed by atoms with Crippen LogP contribution in [0.2, 0.25) is 0 Å². The van der Waals surface area contributed by atoms with E-state index in [2.05, 4.69) is 10.3 Å². The van der Waals surface area contributed by atoms with E-state index >= 15 is 0 Å². The summed E-state index contributed by atoms with van der Waals surface area (Å²) in [6, 6.07) is 16.9. The number of rotatable bonds is 5. The number of fused-ring (bicyclic) bond motifs is 1. The van der Waals surface area contributed by atoms with Gasteiger partial charge in [-0.3, -0.25) is 9.63 Å². The van der Waals surface area contributed by atoms with Gasteiger partial charge in [0.1, 0.15) is 17.9 Å². The molecule has 3 aromatic rings. The van der Waals surface area contributed by atoms with Crippen LogP contribution >= 0.6 is 0 Å². The number of amides is 1. The first-order valence-corrected chi connectivity index (χ1v) is 6.81. The van der Waals surface area contributed by atoms with Crippen LogP contribution < -0.4 is 10.2 Å². The molecule has 0 fully saturated rings. The maximum absolute atomic E-state index is 12.1. The summed E-state index contributed by atoms with van der Waals surface area (Å²) in [5, 5.41) is 0.847. The number of para-hydroxylation sites is 2. The van der Waals surface area contributed by atoms with Crippen molar-refractivity contribution < 1.29 is 18.8 Å². The van der Waals surface area contributed by atoms with E-state index in [1.54, 1.807) is 0 Å². The second kappa shape index (κ2) is 6.32. The van der Waals surface area contributed by atoms with Crippen molar-refractivity contribution in [3.05, 3.63) is 65.9 Å². The number of ether oxygens (including phenoxy) is 1. The van der Waals surface area contributed by atoms with E-state index in [1.165, 1.54) is 7.11 Å². The Kier molecular flexibility index (Phi) is 4.07. The SMILES string of the molecule is CONC(=O)c1oc2ccccc2c1COc1ccccc1. The average molecular weight is 297 g/mol. The highest BCUT2D eigenvalue weighted by atomic mass is 16.6.